The molecular formula is C51H32N2OS. The average molecular weight is 721 g/mol. The molecule has 4 heteroatoms. The predicted octanol–water partition coefficient (Wildman–Crippen LogP) is 15.0. The summed E-state index contributed by atoms with van der Waals surface area (Å²) in [5.74, 6) is 0.645. The van der Waals surface area contributed by atoms with Crippen LogP contribution in [0.5, 0.6) is 0 Å². The molecule has 0 unspecified atom stereocenters. The molecule has 2 aromatic heterocycles. The van der Waals surface area contributed by atoms with Gasteiger partial charge in [0.15, 0.2) is 5.58 Å². The molecule has 9 aromatic carbocycles. The zero-order valence-electron chi connectivity index (χ0n) is 29.7. The van der Waals surface area contributed by atoms with Gasteiger partial charge in [0, 0.05) is 48.2 Å². The van der Waals surface area contributed by atoms with E-state index in [1.54, 1.807) is 11.3 Å². The first-order valence-corrected chi connectivity index (χ1v) is 19.3. The molecule has 0 aliphatic heterocycles. The highest BCUT2D eigenvalue weighted by Crippen LogP contribution is 2.45. The van der Waals surface area contributed by atoms with Gasteiger partial charge in [0.2, 0.25) is 5.89 Å². The third-order valence-electron chi connectivity index (χ3n) is 10.7. The highest BCUT2D eigenvalue weighted by molar-refractivity contribution is 7.26. The van der Waals surface area contributed by atoms with Crippen molar-refractivity contribution >= 4 is 81.2 Å². The Morgan fingerprint density at radius 2 is 1.09 bits per heavy atom. The van der Waals surface area contributed by atoms with Crippen molar-refractivity contribution < 1.29 is 4.42 Å². The Labute approximate surface area is 322 Å². The van der Waals surface area contributed by atoms with Crippen LogP contribution in [-0.2, 0) is 0 Å². The number of oxazole rings is 1. The third-order valence-corrected chi connectivity index (χ3v) is 11.8. The Balaban J connectivity index is 1.04. The molecule has 0 aliphatic rings. The number of rotatable bonds is 6. The summed E-state index contributed by atoms with van der Waals surface area (Å²) in [5.41, 5.74) is 10.7. The topological polar surface area (TPSA) is 29.3 Å². The molecule has 0 saturated heterocycles. The Kier molecular flexibility index (Phi) is 7.35. The summed E-state index contributed by atoms with van der Waals surface area (Å²) in [4.78, 5) is 7.45. The van der Waals surface area contributed by atoms with E-state index >= 15 is 0 Å². The summed E-state index contributed by atoms with van der Waals surface area (Å²) in [7, 11) is 0. The van der Waals surface area contributed by atoms with Crippen LogP contribution in [0.15, 0.2) is 199 Å². The zero-order valence-corrected chi connectivity index (χ0v) is 30.5. The summed E-state index contributed by atoms with van der Waals surface area (Å²) >= 11 is 1.81. The fourth-order valence-electron chi connectivity index (χ4n) is 7.98. The number of fused-ring (bicyclic) bond motifs is 7. The summed E-state index contributed by atoms with van der Waals surface area (Å²) < 4.78 is 8.87. The van der Waals surface area contributed by atoms with E-state index in [0.717, 1.165) is 44.5 Å². The second kappa shape index (κ2) is 12.8. The third kappa shape index (κ3) is 5.46. The van der Waals surface area contributed by atoms with E-state index in [9.17, 15) is 0 Å². The number of hydrogen-bond donors (Lipinski definition) is 0. The van der Waals surface area contributed by atoms with Gasteiger partial charge in [0.05, 0.1) is 0 Å². The Hall–Kier alpha value is -7.01. The lowest BCUT2D eigenvalue weighted by Gasteiger charge is -2.26. The first-order chi connectivity index (χ1) is 27.2. The molecule has 0 atom stereocenters. The molecule has 0 bridgehead atoms. The molecule has 0 radical (unpaired) electrons. The van der Waals surface area contributed by atoms with E-state index in [0.29, 0.717) is 5.89 Å². The monoisotopic (exact) mass is 720 g/mol. The van der Waals surface area contributed by atoms with Crippen LogP contribution in [0.1, 0.15) is 0 Å². The molecule has 0 spiro atoms. The van der Waals surface area contributed by atoms with Gasteiger partial charge in [-0.25, -0.2) is 4.98 Å². The van der Waals surface area contributed by atoms with Crippen molar-refractivity contribution in [3.05, 3.63) is 194 Å². The number of benzene rings is 9. The van der Waals surface area contributed by atoms with Crippen LogP contribution >= 0.6 is 11.3 Å². The fraction of sp³-hybridized carbons (Fsp3) is 0. The summed E-state index contributed by atoms with van der Waals surface area (Å²) in [6.45, 7) is 0. The van der Waals surface area contributed by atoms with Crippen molar-refractivity contribution in [3.63, 3.8) is 0 Å². The second-order valence-corrected chi connectivity index (χ2v) is 15.1. The lowest BCUT2D eigenvalue weighted by atomic mass is 10.0. The van der Waals surface area contributed by atoms with E-state index in [1.165, 1.54) is 53.2 Å². The smallest absolute Gasteiger partial charge is 0.228 e. The molecule has 55 heavy (non-hydrogen) atoms. The van der Waals surface area contributed by atoms with Crippen LogP contribution in [-0.4, -0.2) is 4.98 Å². The molecule has 0 amide bonds. The maximum atomic E-state index is 6.46. The second-order valence-electron chi connectivity index (χ2n) is 14.0. The van der Waals surface area contributed by atoms with Gasteiger partial charge in [-0.15, -0.1) is 11.3 Å². The minimum Gasteiger partial charge on any atom is -0.436 e. The van der Waals surface area contributed by atoms with E-state index in [2.05, 4.69) is 193 Å². The quantitative estimate of drug-likeness (QED) is 0.171. The minimum atomic E-state index is 0.645. The van der Waals surface area contributed by atoms with Gasteiger partial charge in [0.1, 0.15) is 5.52 Å². The summed E-state index contributed by atoms with van der Waals surface area (Å²) in [6.07, 6.45) is 0. The highest BCUT2D eigenvalue weighted by atomic mass is 32.1. The van der Waals surface area contributed by atoms with Gasteiger partial charge < -0.3 is 9.32 Å². The molecule has 3 nitrogen and oxygen atoms in total. The molecule has 0 aliphatic carbocycles. The van der Waals surface area contributed by atoms with Crippen molar-refractivity contribution in [1.82, 2.24) is 4.98 Å². The molecule has 0 saturated carbocycles. The Bertz CT molecular complexity index is 3210. The normalized spacial score (nSPS) is 11.6. The van der Waals surface area contributed by atoms with Gasteiger partial charge in [0.25, 0.3) is 0 Å². The van der Waals surface area contributed by atoms with Crippen molar-refractivity contribution in [2.24, 2.45) is 0 Å². The van der Waals surface area contributed by atoms with Crippen LogP contribution in [0, 0.1) is 0 Å². The minimum absolute atomic E-state index is 0.645. The van der Waals surface area contributed by atoms with Crippen molar-refractivity contribution in [2.75, 3.05) is 4.90 Å². The largest absolute Gasteiger partial charge is 0.436 e. The molecular weight excluding hydrogens is 689 g/mol. The van der Waals surface area contributed by atoms with Crippen LogP contribution in [0.25, 0.3) is 86.5 Å². The number of hydrogen-bond acceptors (Lipinski definition) is 4. The zero-order chi connectivity index (χ0) is 36.3. The van der Waals surface area contributed by atoms with Crippen molar-refractivity contribution in [2.45, 2.75) is 0 Å². The lowest BCUT2D eigenvalue weighted by Crippen LogP contribution is -2.09. The first-order valence-electron chi connectivity index (χ1n) is 18.5. The lowest BCUT2D eigenvalue weighted by molar-refractivity contribution is 0.621. The van der Waals surface area contributed by atoms with Gasteiger partial charge in [-0.1, -0.05) is 133 Å². The molecule has 11 rings (SSSR count). The van der Waals surface area contributed by atoms with Crippen molar-refractivity contribution in [1.29, 1.82) is 0 Å². The van der Waals surface area contributed by atoms with Gasteiger partial charge in [-0.05, 0) is 99.1 Å². The van der Waals surface area contributed by atoms with Crippen LogP contribution in [0.2, 0.25) is 0 Å². The fourth-order valence-corrected chi connectivity index (χ4v) is 9.15. The Morgan fingerprint density at radius 3 is 1.98 bits per heavy atom. The first kappa shape index (κ1) is 31.5. The maximum absolute atomic E-state index is 6.46. The van der Waals surface area contributed by atoms with E-state index in [4.69, 9.17) is 9.40 Å². The standard InChI is InChI=1S/C51H32N2OS/c1-2-10-33(11-3-1)38-15-8-16-41(31-38)53(40-25-22-35(23-26-40)39-21-20-34-12-4-5-14-37(34)30-39)42-27-28-44-48(32-42)55-47-19-9-18-45(49(44)47)51-52-50-43-17-7-6-13-36(43)24-29-46(50)54-51/h1-32H. The number of anilines is 3. The molecule has 258 valence electrons. The van der Waals surface area contributed by atoms with Crippen molar-refractivity contribution in [3.8, 4) is 33.7 Å². The van der Waals surface area contributed by atoms with Crippen LogP contribution in [0.4, 0.5) is 17.1 Å². The van der Waals surface area contributed by atoms with Gasteiger partial charge in [-0.3, -0.25) is 0 Å². The van der Waals surface area contributed by atoms with Crippen LogP contribution in [0.3, 0.4) is 0 Å². The van der Waals surface area contributed by atoms with E-state index in [-0.39, 0.29) is 0 Å². The Morgan fingerprint density at radius 1 is 0.418 bits per heavy atom. The average Bonchev–Trinajstić information content (AvgIpc) is 3.86. The highest BCUT2D eigenvalue weighted by Gasteiger charge is 2.19. The number of nitrogens with zero attached hydrogens (tertiary/aromatic N) is 2. The van der Waals surface area contributed by atoms with Crippen LogP contribution < -0.4 is 4.90 Å². The van der Waals surface area contributed by atoms with Gasteiger partial charge in [-0.2, -0.15) is 0 Å². The predicted molar refractivity (Wildman–Crippen MR) is 233 cm³/mol. The van der Waals surface area contributed by atoms with E-state index < -0.39 is 0 Å². The molecule has 11 aromatic rings. The molecule has 0 fully saturated rings. The number of aromatic nitrogens is 1. The molecule has 0 N–H and O–H groups in total. The van der Waals surface area contributed by atoms with Gasteiger partial charge >= 0.3 is 0 Å². The maximum Gasteiger partial charge on any atom is 0.228 e. The SMILES string of the molecule is c1ccc(-c2cccc(N(c3ccc(-c4ccc5ccccc5c4)cc3)c3ccc4c(c3)sc3cccc(-c5nc6c(ccc7ccccc76)o5)c34)c2)cc1. The summed E-state index contributed by atoms with van der Waals surface area (Å²) in [5, 5.41) is 7.11. The summed E-state index contributed by atoms with van der Waals surface area (Å²) in [6, 6.07) is 69.4. The van der Waals surface area contributed by atoms with E-state index in [1.807, 2.05) is 6.07 Å². The number of thiophene rings is 1. The molecule has 2 heterocycles.